The molecule has 0 saturated heterocycles. The van der Waals surface area contributed by atoms with Crippen molar-refractivity contribution in [2.75, 3.05) is 13.6 Å². The molecule has 0 aliphatic carbocycles. The Bertz CT molecular complexity index is 970. The normalized spacial score (nSPS) is 12.0. The van der Waals surface area contributed by atoms with Gasteiger partial charge in [-0.25, -0.2) is 8.42 Å². The van der Waals surface area contributed by atoms with Crippen LogP contribution in [0.15, 0.2) is 48.9 Å². The molecule has 0 radical (unpaired) electrons. The number of nitrogens with zero attached hydrogens (tertiary/aromatic N) is 3. The molecule has 2 heterocycles. The molecule has 3 aromatic rings. The number of benzene rings is 1. The van der Waals surface area contributed by atoms with Gasteiger partial charge in [0, 0.05) is 30.6 Å². The molecule has 0 bridgehead atoms. The number of likely N-dealkylation sites (N-methyl/N-ethyl adjacent to an activating group) is 1. The molecule has 0 unspecified atom stereocenters. The van der Waals surface area contributed by atoms with Crippen LogP contribution in [-0.2, 0) is 16.4 Å². The van der Waals surface area contributed by atoms with Crippen molar-refractivity contribution < 1.29 is 12.9 Å². The molecule has 0 amide bonds. The molecule has 0 spiro atoms. The molecule has 10 heteroatoms. The largest absolute Gasteiger partial charge is 0.334 e. The van der Waals surface area contributed by atoms with E-state index >= 15 is 0 Å². The summed E-state index contributed by atoms with van der Waals surface area (Å²) in [5.74, 6) is 0.818. The van der Waals surface area contributed by atoms with Crippen molar-refractivity contribution in [2.24, 2.45) is 0 Å². The van der Waals surface area contributed by atoms with E-state index in [2.05, 4.69) is 26.1 Å². The average Bonchev–Trinajstić information content (AvgIpc) is 3.22. The van der Waals surface area contributed by atoms with Gasteiger partial charge in [-0.1, -0.05) is 16.8 Å². The zero-order chi connectivity index (χ0) is 18.0. The smallest absolute Gasteiger partial charge is 0.257 e. The third-order valence-electron chi connectivity index (χ3n) is 3.42. The van der Waals surface area contributed by atoms with Gasteiger partial charge in [-0.15, -0.1) is 11.3 Å². The summed E-state index contributed by atoms with van der Waals surface area (Å²) < 4.78 is 32.5. The van der Waals surface area contributed by atoms with Gasteiger partial charge in [0.05, 0.1) is 3.79 Å². The van der Waals surface area contributed by atoms with Gasteiger partial charge in [0.25, 0.3) is 15.9 Å². The first-order valence-electron chi connectivity index (χ1n) is 7.16. The first kappa shape index (κ1) is 18.5. The molecule has 132 valence electrons. The van der Waals surface area contributed by atoms with Crippen molar-refractivity contribution in [3.8, 4) is 11.5 Å². The number of hydrogen-bond donors (Lipinski definition) is 0. The van der Waals surface area contributed by atoms with Crippen LogP contribution in [0.5, 0.6) is 0 Å². The van der Waals surface area contributed by atoms with E-state index in [1.165, 1.54) is 22.7 Å². The van der Waals surface area contributed by atoms with Crippen LogP contribution >= 0.6 is 38.9 Å². The SMILES string of the molecule is CN(CCc1noc(-c2ccc(Cl)cc2)n1)S(=O)(=O)c1ccc(Br)s1. The quantitative estimate of drug-likeness (QED) is 0.552. The number of hydrogen-bond acceptors (Lipinski definition) is 6. The highest BCUT2D eigenvalue weighted by Gasteiger charge is 2.23. The van der Waals surface area contributed by atoms with Gasteiger partial charge >= 0.3 is 0 Å². The lowest BCUT2D eigenvalue weighted by Gasteiger charge is -2.14. The lowest BCUT2D eigenvalue weighted by atomic mass is 10.2. The van der Waals surface area contributed by atoms with Crippen molar-refractivity contribution in [2.45, 2.75) is 10.6 Å². The zero-order valence-electron chi connectivity index (χ0n) is 13.0. The molecule has 0 atom stereocenters. The van der Waals surface area contributed by atoms with Crippen LogP contribution < -0.4 is 0 Å². The maximum absolute atomic E-state index is 12.5. The second-order valence-corrected chi connectivity index (χ2v) is 10.3. The van der Waals surface area contributed by atoms with E-state index in [1.807, 2.05) is 0 Å². The minimum absolute atomic E-state index is 0.247. The van der Waals surface area contributed by atoms with Gasteiger partial charge in [-0.3, -0.25) is 0 Å². The summed E-state index contributed by atoms with van der Waals surface area (Å²) in [5.41, 5.74) is 0.757. The highest BCUT2D eigenvalue weighted by molar-refractivity contribution is 9.11. The summed E-state index contributed by atoms with van der Waals surface area (Å²) in [6.07, 6.45) is 0.347. The van der Waals surface area contributed by atoms with Gasteiger partial charge in [0.2, 0.25) is 0 Å². The number of thiophene rings is 1. The van der Waals surface area contributed by atoms with Crippen molar-refractivity contribution in [3.05, 3.63) is 51.0 Å². The second-order valence-electron chi connectivity index (χ2n) is 5.16. The van der Waals surface area contributed by atoms with Gasteiger partial charge in [0.15, 0.2) is 5.82 Å². The summed E-state index contributed by atoms with van der Waals surface area (Å²) in [5, 5.41) is 4.52. The highest BCUT2D eigenvalue weighted by Crippen LogP contribution is 2.28. The number of aromatic nitrogens is 2. The van der Waals surface area contributed by atoms with E-state index < -0.39 is 10.0 Å². The molecular formula is C15H13BrClN3O3S2. The van der Waals surface area contributed by atoms with E-state index in [4.69, 9.17) is 16.1 Å². The van der Waals surface area contributed by atoms with Crippen LogP contribution in [0.25, 0.3) is 11.5 Å². The Hall–Kier alpha value is -1.26. The third kappa shape index (κ3) is 4.29. The molecular weight excluding hydrogens is 450 g/mol. The summed E-state index contributed by atoms with van der Waals surface area (Å²) in [6.45, 7) is 0.247. The first-order chi connectivity index (χ1) is 11.9. The zero-order valence-corrected chi connectivity index (χ0v) is 17.0. The molecule has 2 aromatic heterocycles. The van der Waals surface area contributed by atoms with Gasteiger partial charge in [-0.05, 0) is 52.3 Å². The van der Waals surface area contributed by atoms with Crippen molar-refractivity contribution in [1.29, 1.82) is 0 Å². The summed E-state index contributed by atoms with van der Waals surface area (Å²) >= 11 is 10.3. The summed E-state index contributed by atoms with van der Waals surface area (Å²) in [4.78, 5) is 4.29. The van der Waals surface area contributed by atoms with Crippen LogP contribution in [0.2, 0.25) is 5.02 Å². The molecule has 0 saturated carbocycles. The van der Waals surface area contributed by atoms with Crippen LogP contribution in [0.1, 0.15) is 5.82 Å². The molecule has 6 nitrogen and oxygen atoms in total. The standard InChI is InChI=1S/C15H13BrClN3O3S2/c1-20(25(21,22)14-7-6-12(16)24-14)9-8-13-18-15(23-19-13)10-2-4-11(17)5-3-10/h2-7H,8-9H2,1H3. The molecule has 0 aliphatic heterocycles. The maximum Gasteiger partial charge on any atom is 0.257 e. The molecule has 3 rings (SSSR count). The van der Waals surface area contributed by atoms with Crippen LogP contribution in [0.4, 0.5) is 0 Å². The van der Waals surface area contributed by atoms with E-state index in [1.54, 1.807) is 36.4 Å². The summed E-state index contributed by atoms with van der Waals surface area (Å²) in [7, 11) is -1.99. The Morgan fingerprint density at radius 1 is 1.24 bits per heavy atom. The number of sulfonamides is 1. The topological polar surface area (TPSA) is 76.3 Å². The fraction of sp³-hybridized carbons (Fsp3) is 0.200. The maximum atomic E-state index is 12.5. The third-order valence-corrected chi connectivity index (χ3v) is 7.62. The Morgan fingerprint density at radius 3 is 2.60 bits per heavy atom. The molecule has 1 aromatic carbocycles. The average molecular weight is 463 g/mol. The molecule has 0 N–H and O–H groups in total. The Morgan fingerprint density at radius 2 is 1.96 bits per heavy atom. The van der Waals surface area contributed by atoms with Crippen LogP contribution in [0, 0.1) is 0 Å². The molecule has 0 aliphatic rings. The van der Waals surface area contributed by atoms with Crippen molar-refractivity contribution in [3.63, 3.8) is 0 Å². The fourth-order valence-electron chi connectivity index (χ4n) is 2.03. The van der Waals surface area contributed by atoms with E-state index in [9.17, 15) is 8.42 Å². The van der Waals surface area contributed by atoms with Gasteiger partial charge in [-0.2, -0.15) is 9.29 Å². The predicted octanol–water partition coefficient (Wildman–Crippen LogP) is 4.08. The molecule has 25 heavy (non-hydrogen) atoms. The number of rotatable bonds is 6. The van der Waals surface area contributed by atoms with Crippen LogP contribution in [0.3, 0.4) is 0 Å². The van der Waals surface area contributed by atoms with Crippen LogP contribution in [-0.4, -0.2) is 36.5 Å². The van der Waals surface area contributed by atoms with E-state index in [0.717, 1.165) is 9.35 Å². The minimum Gasteiger partial charge on any atom is -0.334 e. The predicted molar refractivity (Wildman–Crippen MR) is 100 cm³/mol. The van der Waals surface area contributed by atoms with Crippen molar-refractivity contribution in [1.82, 2.24) is 14.4 Å². The monoisotopic (exact) mass is 461 g/mol. The van der Waals surface area contributed by atoms with Gasteiger partial charge < -0.3 is 4.52 Å². The lowest BCUT2D eigenvalue weighted by molar-refractivity contribution is 0.415. The van der Waals surface area contributed by atoms with Gasteiger partial charge in [0.1, 0.15) is 4.21 Å². The fourth-order valence-corrected chi connectivity index (χ4v) is 5.55. The lowest BCUT2D eigenvalue weighted by Crippen LogP contribution is -2.28. The minimum atomic E-state index is -3.52. The highest BCUT2D eigenvalue weighted by atomic mass is 79.9. The first-order valence-corrected chi connectivity index (χ1v) is 10.6. The Labute approximate surface area is 162 Å². The van der Waals surface area contributed by atoms with Crippen molar-refractivity contribution >= 4 is 48.9 Å². The Kier molecular flexibility index (Phi) is 5.59. The molecule has 0 fully saturated rings. The number of halogens is 2. The van der Waals surface area contributed by atoms with E-state index in [0.29, 0.717) is 23.2 Å². The second kappa shape index (κ2) is 7.55. The summed E-state index contributed by atoms with van der Waals surface area (Å²) in [6, 6.07) is 10.3. The van der Waals surface area contributed by atoms with E-state index in [-0.39, 0.29) is 10.8 Å². The Balaban J connectivity index is 1.66.